The largest absolute Gasteiger partial charge is 0.481 e. The summed E-state index contributed by atoms with van der Waals surface area (Å²) in [6, 6.07) is 14.1. The molecule has 0 spiro atoms. The number of hydrogen-bond donors (Lipinski definition) is 0. The highest BCUT2D eigenvalue weighted by Gasteiger charge is 2.11. The van der Waals surface area contributed by atoms with Crippen molar-refractivity contribution >= 4 is 17.7 Å². The van der Waals surface area contributed by atoms with Gasteiger partial charge in [-0.25, -0.2) is 4.39 Å². The molecule has 2 rings (SSSR count). The zero-order valence-corrected chi connectivity index (χ0v) is 13.4. The fraction of sp³-hybridized carbons (Fsp3) is 0.235. The lowest BCUT2D eigenvalue weighted by Gasteiger charge is -2.18. The van der Waals surface area contributed by atoms with E-state index in [-0.39, 0.29) is 18.3 Å². The maximum absolute atomic E-state index is 13.4. The Labute approximate surface area is 134 Å². The van der Waals surface area contributed by atoms with Gasteiger partial charge in [0.25, 0.3) is 5.91 Å². The molecule has 0 aliphatic rings. The molecule has 0 saturated heterocycles. The summed E-state index contributed by atoms with van der Waals surface area (Å²) < 4.78 is 18.6. The second kappa shape index (κ2) is 7.84. The summed E-state index contributed by atoms with van der Waals surface area (Å²) in [5, 5.41) is 0. The summed E-state index contributed by atoms with van der Waals surface area (Å²) in [7, 11) is 1.70. The number of halogens is 1. The van der Waals surface area contributed by atoms with E-state index in [2.05, 4.69) is 0 Å². The van der Waals surface area contributed by atoms with Gasteiger partial charge in [0, 0.05) is 18.5 Å². The number of benzene rings is 2. The van der Waals surface area contributed by atoms with Crippen LogP contribution in [-0.2, 0) is 11.3 Å². The van der Waals surface area contributed by atoms with Gasteiger partial charge in [-0.2, -0.15) is 0 Å². The van der Waals surface area contributed by atoms with E-state index in [4.69, 9.17) is 4.74 Å². The van der Waals surface area contributed by atoms with Crippen molar-refractivity contribution in [3.05, 3.63) is 59.9 Å². The van der Waals surface area contributed by atoms with Gasteiger partial charge in [0.15, 0.2) is 18.2 Å². The summed E-state index contributed by atoms with van der Waals surface area (Å²) in [6.07, 6.45) is 2.02. The number of hydrogen-bond acceptors (Lipinski definition) is 3. The minimum absolute atomic E-state index is 0.0913. The summed E-state index contributed by atoms with van der Waals surface area (Å²) >= 11 is 1.67. The van der Waals surface area contributed by atoms with Gasteiger partial charge in [0.1, 0.15) is 0 Å². The van der Waals surface area contributed by atoms with E-state index in [0.717, 1.165) is 5.56 Å². The summed E-state index contributed by atoms with van der Waals surface area (Å²) in [5.41, 5.74) is 1.04. The highest BCUT2D eigenvalue weighted by atomic mass is 32.2. The molecule has 0 unspecified atom stereocenters. The molecular weight excluding hydrogens is 301 g/mol. The van der Waals surface area contributed by atoms with E-state index >= 15 is 0 Å². The lowest BCUT2D eigenvalue weighted by atomic mass is 10.2. The Balaban J connectivity index is 1.87. The second-order valence-electron chi connectivity index (χ2n) is 4.82. The Bertz CT molecular complexity index is 631. The average molecular weight is 319 g/mol. The number of para-hydroxylation sites is 1. The van der Waals surface area contributed by atoms with E-state index in [1.807, 2.05) is 30.5 Å². The molecule has 0 bridgehead atoms. The van der Waals surface area contributed by atoms with Gasteiger partial charge in [-0.1, -0.05) is 24.3 Å². The van der Waals surface area contributed by atoms with Crippen molar-refractivity contribution in [3.8, 4) is 5.75 Å². The third-order valence-electron chi connectivity index (χ3n) is 3.19. The van der Waals surface area contributed by atoms with Crippen LogP contribution in [0.25, 0.3) is 0 Å². The Kier molecular flexibility index (Phi) is 5.83. The van der Waals surface area contributed by atoms with E-state index < -0.39 is 5.82 Å². The third kappa shape index (κ3) is 4.49. The molecule has 5 heteroatoms. The number of nitrogens with zero attached hydrogens (tertiary/aromatic N) is 1. The standard InChI is InChI=1S/C17H18FNO2S/c1-19(11-13-7-9-14(22-2)10-8-13)17(20)12-21-16-6-4-3-5-15(16)18/h3-10H,11-12H2,1-2H3. The molecular formula is C17H18FNO2S. The van der Waals surface area contributed by atoms with Crippen molar-refractivity contribution < 1.29 is 13.9 Å². The molecule has 2 aromatic rings. The second-order valence-corrected chi connectivity index (χ2v) is 5.70. The monoisotopic (exact) mass is 319 g/mol. The first-order valence-corrected chi connectivity index (χ1v) is 8.07. The van der Waals surface area contributed by atoms with Crippen molar-refractivity contribution in [2.24, 2.45) is 0 Å². The number of amides is 1. The zero-order valence-electron chi connectivity index (χ0n) is 12.6. The highest BCUT2D eigenvalue weighted by molar-refractivity contribution is 7.98. The van der Waals surface area contributed by atoms with E-state index in [1.165, 1.54) is 17.0 Å². The fourth-order valence-corrected chi connectivity index (χ4v) is 2.31. The maximum Gasteiger partial charge on any atom is 0.260 e. The van der Waals surface area contributed by atoms with Crippen LogP contribution < -0.4 is 4.74 Å². The Morgan fingerprint density at radius 1 is 1.18 bits per heavy atom. The van der Waals surface area contributed by atoms with Gasteiger partial charge in [0.05, 0.1) is 0 Å². The minimum atomic E-state index is -0.467. The van der Waals surface area contributed by atoms with Gasteiger partial charge < -0.3 is 9.64 Å². The number of thioether (sulfide) groups is 1. The highest BCUT2D eigenvalue weighted by Crippen LogP contribution is 2.17. The molecule has 0 aromatic heterocycles. The molecule has 0 saturated carbocycles. The molecule has 116 valence electrons. The van der Waals surface area contributed by atoms with Crippen molar-refractivity contribution in [3.63, 3.8) is 0 Å². The van der Waals surface area contributed by atoms with Crippen molar-refractivity contribution in [2.75, 3.05) is 19.9 Å². The van der Waals surface area contributed by atoms with Crippen molar-refractivity contribution in [1.29, 1.82) is 0 Å². The molecule has 2 aromatic carbocycles. The van der Waals surface area contributed by atoms with Gasteiger partial charge in [-0.05, 0) is 36.1 Å². The van der Waals surface area contributed by atoms with E-state index in [1.54, 1.807) is 35.8 Å². The molecule has 22 heavy (non-hydrogen) atoms. The van der Waals surface area contributed by atoms with Crippen LogP contribution in [0.1, 0.15) is 5.56 Å². The molecule has 0 aliphatic heterocycles. The fourth-order valence-electron chi connectivity index (χ4n) is 1.90. The van der Waals surface area contributed by atoms with Crippen LogP contribution in [0.15, 0.2) is 53.4 Å². The predicted octanol–water partition coefficient (Wildman–Crippen LogP) is 3.59. The molecule has 0 fully saturated rings. The van der Waals surface area contributed by atoms with Crippen molar-refractivity contribution in [2.45, 2.75) is 11.4 Å². The zero-order chi connectivity index (χ0) is 15.9. The summed E-state index contributed by atoms with van der Waals surface area (Å²) in [5.74, 6) is -0.573. The van der Waals surface area contributed by atoms with Crippen LogP contribution in [-0.4, -0.2) is 30.7 Å². The molecule has 0 N–H and O–H groups in total. The molecule has 0 aliphatic carbocycles. The van der Waals surface area contributed by atoms with Gasteiger partial charge in [-0.3, -0.25) is 4.79 Å². The average Bonchev–Trinajstić information content (AvgIpc) is 2.54. The summed E-state index contributed by atoms with van der Waals surface area (Å²) in [4.78, 5) is 14.8. The lowest BCUT2D eigenvalue weighted by Crippen LogP contribution is -2.31. The van der Waals surface area contributed by atoms with Crippen LogP contribution in [0.4, 0.5) is 4.39 Å². The SMILES string of the molecule is CSc1ccc(CN(C)C(=O)COc2ccccc2F)cc1. The van der Waals surface area contributed by atoms with E-state index in [0.29, 0.717) is 6.54 Å². The van der Waals surface area contributed by atoms with Crippen LogP contribution >= 0.6 is 11.8 Å². The Morgan fingerprint density at radius 3 is 2.50 bits per heavy atom. The van der Waals surface area contributed by atoms with Gasteiger partial charge >= 0.3 is 0 Å². The number of likely N-dealkylation sites (N-methyl/N-ethyl adjacent to an activating group) is 1. The Hall–Kier alpha value is -2.01. The molecule has 3 nitrogen and oxygen atoms in total. The first-order valence-electron chi connectivity index (χ1n) is 6.84. The Morgan fingerprint density at radius 2 is 1.86 bits per heavy atom. The number of ether oxygens (including phenoxy) is 1. The predicted molar refractivity (Wildman–Crippen MR) is 86.6 cm³/mol. The van der Waals surface area contributed by atoms with Crippen molar-refractivity contribution in [1.82, 2.24) is 4.90 Å². The number of rotatable bonds is 6. The third-order valence-corrected chi connectivity index (χ3v) is 3.94. The van der Waals surface area contributed by atoms with Gasteiger partial charge in [-0.15, -0.1) is 11.8 Å². The maximum atomic E-state index is 13.4. The minimum Gasteiger partial charge on any atom is -0.481 e. The molecule has 0 radical (unpaired) electrons. The topological polar surface area (TPSA) is 29.5 Å². The summed E-state index contributed by atoms with van der Waals surface area (Å²) in [6.45, 7) is 0.314. The van der Waals surface area contributed by atoms with Crippen LogP contribution in [0.3, 0.4) is 0 Å². The first-order chi connectivity index (χ1) is 10.6. The normalized spacial score (nSPS) is 10.3. The smallest absolute Gasteiger partial charge is 0.260 e. The first kappa shape index (κ1) is 16.4. The van der Waals surface area contributed by atoms with Crippen LogP contribution in [0.2, 0.25) is 0 Å². The van der Waals surface area contributed by atoms with E-state index in [9.17, 15) is 9.18 Å². The van der Waals surface area contributed by atoms with Crippen LogP contribution in [0.5, 0.6) is 5.75 Å². The lowest BCUT2D eigenvalue weighted by molar-refractivity contribution is -0.132. The number of carbonyl (C=O) groups is 1. The molecule has 0 heterocycles. The van der Waals surface area contributed by atoms with Gasteiger partial charge in [0.2, 0.25) is 0 Å². The molecule has 0 atom stereocenters. The molecule has 1 amide bonds. The van der Waals surface area contributed by atoms with Crippen LogP contribution in [0, 0.1) is 5.82 Å². The number of carbonyl (C=O) groups excluding carboxylic acids is 1. The quantitative estimate of drug-likeness (QED) is 0.762.